The van der Waals surface area contributed by atoms with Crippen LogP contribution in [-0.2, 0) is 6.54 Å². The Morgan fingerprint density at radius 2 is 1.47 bits per heavy atom. The van der Waals surface area contributed by atoms with Crippen molar-refractivity contribution in [3.8, 4) is 0 Å². The molecule has 90 valence electrons. The molecule has 0 unspecified atom stereocenters. The molecule has 0 aliphatic carbocycles. The molecular formula is C15H18IN. The van der Waals surface area contributed by atoms with E-state index in [0.29, 0.717) is 0 Å². The van der Waals surface area contributed by atoms with Gasteiger partial charge in [-0.2, -0.15) is 4.57 Å². The molecule has 0 bridgehead atoms. The maximum Gasteiger partial charge on any atom is 0.178 e. The van der Waals surface area contributed by atoms with Crippen LogP contribution in [0.1, 0.15) is 22.5 Å². The summed E-state index contributed by atoms with van der Waals surface area (Å²) in [5.41, 5.74) is 5.30. The Kier molecular flexibility index (Phi) is 5.12. The molecule has 0 spiro atoms. The summed E-state index contributed by atoms with van der Waals surface area (Å²) >= 11 is 0. The van der Waals surface area contributed by atoms with Crippen LogP contribution in [0.2, 0.25) is 0 Å². The minimum absolute atomic E-state index is 0. The van der Waals surface area contributed by atoms with E-state index in [1.54, 1.807) is 0 Å². The van der Waals surface area contributed by atoms with Crippen LogP contribution in [0.3, 0.4) is 0 Å². The van der Waals surface area contributed by atoms with Crippen molar-refractivity contribution in [1.82, 2.24) is 0 Å². The van der Waals surface area contributed by atoms with Gasteiger partial charge in [0.25, 0.3) is 0 Å². The van der Waals surface area contributed by atoms with Gasteiger partial charge in [0, 0.05) is 31.5 Å². The molecule has 0 atom stereocenters. The lowest BCUT2D eigenvalue weighted by Crippen LogP contribution is -3.00. The molecule has 1 aromatic carbocycles. The molecule has 17 heavy (non-hydrogen) atoms. The third-order valence-corrected chi connectivity index (χ3v) is 2.95. The molecule has 1 heterocycles. The molecule has 2 heteroatoms. The second-order valence-corrected chi connectivity index (χ2v) is 4.38. The average Bonchev–Trinajstić information content (AvgIpc) is 2.24. The molecule has 2 rings (SSSR count). The summed E-state index contributed by atoms with van der Waals surface area (Å²) < 4.78 is 2.34. The molecule has 0 aliphatic rings. The molecule has 0 radical (unpaired) electrons. The number of benzene rings is 1. The first-order chi connectivity index (χ1) is 7.66. The summed E-state index contributed by atoms with van der Waals surface area (Å²) in [6.45, 7) is 7.41. The Hall–Kier alpha value is -0.900. The van der Waals surface area contributed by atoms with Gasteiger partial charge in [-0.1, -0.05) is 23.8 Å². The quantitative estimate of drug-likeness (QED) is 0.534. The zero-order valence-electron chi connectivity index (χ0n) is 10.6. The van der Waals surface area contributed by atoms with Gasteiger partial charge in [0.2, 0.25) is 0 Å². The predicted octanol–water partition coefficient (Wildman–Crippen LogP) is -0.0483. The summed E-state index contributed by atoms with van der Waals surface area (Å²) in [4.78, 5) is 0. The second kappa shape index (κ2) is 6.15. The predicted molar refractivity (Wildman–Crippen MR) is 66.4 cm³/mol. The normalized spacial score (nSPS) is 9.82. The first kappa shape index (κ1) is 14.2. The van der Waals surface area contributed by atoms with E-state index in [1.165, 1.54) is 22.5 Å². The average molecular weight is 339 g/mol. The maximum absolute atomic E-state index is 2.34. The number of pyridine rings is 1. The molecule has 0 amide bonds. The lowest BCUT2D eigenvalue weighted by molar-refractivity contribution is -0.700. The van der Waals surface area contributed by atoms with Gasteiger partial charge in [0.05, 0.1) is 0 Å². The summed E-state index contributed by atoms with van der Waals surface area (Å²) in [7, 11) is 0. The zero-order chi connectivity index (χ0) is 11.5. The Bertz CT molecular complexity index is 486. The molecule has 0 N–H and O–H groups in total. The highest BCUT2D eigenvalue weighted by atomic mass is 127. The monoisotopic (exact) mass is 339 g/mol. The molecule has 0 saturated carbocycles. The molecule has 2 aromatic rings. The first-order valence-corrected chi connectivity index (χ1v) is 5.68. The van der Waals surface area contributed by atoms with Crippen molar-refractivity contribution in [3.05, 3.63) is 65.0 Å². The van der Waals surface area contributed by atoms with Gasteiger partial charge >= 0.3 is 0 Å². The third-order valence-electron chi connectivity index (χ3n) is 2.95. The lowest BCUT2D eigenvalue weighted by atomic mass is 10.1. The maximum atomic E-state index is 2.34. The van der Waals surface area contributed by atoms with Gasteiger partial charge in [-0.3, -0.25) is 0 Å². The highest BCUT2D eigenvalue weighted by Crippen LogP contribution is 2.05. The van der Waals surface area contributed by atoms with Crippen molar-refractivity contribution in [2.75, 3.05) is 0 Å². The van der Waals surface area contributed by atoms with Crippen LogP contribution in [0.4, 0.5) is 0 Å². The highest BCUT2D eigenvalue weighted by Gasteiger charge is 2.10. The van der Waals surface area contributed by atoms with Gasteiger partial charge in [-0.15, -0.1) is 0 Å². The van der Waals surface area contributed by atoms with Crippen LogP contribution in [0, 0.1) is 20.8 Å². The Morgan fingerprint density at radius 1 is 0.882 bits per heavy atom. The van der Waals surface area contributed by atoms with E-state index in [9.17, 15) is 0 Å². The number of aromatic nitrogens is 1. The highest BCUT2D eigenvalue weighted by molar-refractivity contribution is 5.21. The molecule has 1 nitrogen and oxygen atoms in total. The van der Waals surface area contributed by atoms with Crippen molar-refractivity contribution in [2.45, 2.75) is 27.3 Å². The number of rotatable bonds is 2. The van der Waals surface area contributed by atoms with Crippen LogP contribution in [0.5, 0.6) is 0 Å². The topological polar surface area (TPSA) is 3.88 Å². The number of hydrogen-bond acceptors (Lipinski definition) is 0. The van der Waals surface area contributed by atoms with Crippen molar-refractivity contribution < 1.29 is 28.5 Å². The van der Waals surface area contributed by atoms with Crippen LogP contribution >= 0.6 is 0 Å². The Morgan fingerprint density at radius 3 is 2.06 bits per heavy atom. The summed E-state index contributed by atoms with van der Waals surface area (Å²) in [6, 6.07) is 15.1. The number of halogens is 1. The van der Waals surface area contributed by atoms with Crippen molar-refractivity contribution in [1.29, 1.82) is 0 Å². The van der Waals surface area contributed by atoms with E-state index in [-0.39, 0.29) is 24.0 Å². The van der Waals surface area contributed by atoms with Gasteiger partial charge in [0.15, 0.2) is 17.9 Å². The molecule has 1 aromatic heterocycles. The largest absolute Gasteiger partial charge is 1.00 e. The van der Waals surface area contributed by atoms with E-state index in [0.717, 1.165) is 6.54 Å². The van der Waals surface area contributed by atoms with Gasteiger partial charge in [-0.05, 0) is 19.1 Å². The van der Waals surface area contributed by atoms with Gasteiger partial charge < -0.3 is 24.0 Å². The molecule has 0 saturated heterocycles. The second-order valence-electron chi connectivity index (χ2n) is 4.38. The van der Waals surface area contributed by atoms with E-state index in [2.05, 4.69) is 67.8 Å². The van der Waals surface area contributed by atoms with Crippen LogP contribution in [-0.4, -0.2) is 0 Å². The summed E-state index contributed by atoms with van der Waals surface area (Å²) in [6.07, 6.45) is 0. The van der Waals surface area contributed by atoms with Gasteiger partial charge in [-0.25, -0.2) is 0 Å². The third kappa shape index (κ3) is 3.53. The van der Waals surface area contributed by atoms with Crippen LogP contribution in [0.15, 0.2) is 42.5 Å². The minimum atomic E-state index is 0. The first-order valence-electron chi connectivity index (χ1n) is 5.68. The van der Waals surface area contributed by atoms with E-state index in [1.807, 2.05) is 0 Å². The van der Waals surface area contributed by atoms with Crippen molar-refractivity contribution >= 4 is 0 Å². The van der Waals surface area contributed by atoms with Gasteiger partial charge in [0.1, 0.15) is 0 Å². The molecule has 0 aliphatic heterocycles. The van der Waals surface area contributed by atoms with Crippen LogP contribution in [0.25, 0.3) is 0 Å². The fraction of sp³-hybridized carbons (Fsp3) is 0.267. The number of hydrogen-bond donors (Lipinski definition) is 0. The van der Waals surface area contributed by atoms with E-state index >= 15 is 0 Å². The van der Waals surface area contributed by atoms with E-state index in [4.69, 9.17) is 0 Å². The Labute approximate surface area is 121 Å². The fourth-order valence-electron chi connectivity index (χ4n) is 2.03. The summed E-state index contributed by atoms with van der Waals surface area (Å²) in [5.74, 6) is 0. The lowest BCUT2D eigenvalue weighted by Gasteiger charge is -2.04. The number of aryl methyl sites for hydroxylation is 3. The smallest absolute Gasteiger partial charge is 0.178 e. The molecular weight excluding hydrogens is 321 g/mol. The number of nitrogens with zero attached hydrogens (tertiary/aromatic N) is 1. The zero-order valence-corrected chi connectivity index (χ0v) is 12.7. The fourth-order valence-corrected chi connectivity index (χ4v) is 2.03. The van der Waals surface area contributed by atoms with E-state index < -0.39 is 0 Å². The molecule has 0 fully saturated rings. The van der Waals surface area contributed by atoms with Crippen molar-refractivity contribution in [3.63, 3.8) is 0 Å². The minimum Gasteiger partial charge on any atom is -1.00 e. The Balaban J connectivity index is 0.00000144. The van der Waals surface area contributed by atoms with Crippen LogP contribution < -0.4 is 28.5 Å². The SMILES string of the molecule is Cc1cccc(C[n+]2c(C)cccc2C)c1.[I-]. The standard InChI is InChI=1S/C15H18N.HI/c1-12-6-4-9-15(10-12)11-16-13(2)7-5-8-14(16)3;/h4-10H,11H2,1-3H3;1H/q+1;/p-1. The summed E-state index contributed by atoms with van der Waals surface area (Å²) in [5, 5.41) is 0. The van der Waals surface area contributed by atoms with Crippen molar-refractivity contribution in [2.24, 2.45) is 0 Å².